The van der Waals surface area contributed by atoms with Crippen molar-refractivity contribution in [1.82, 2.24) is 35.4 Å². The number of thiazole rings is 1. The van der Waals surface area contributed by atoms with Gasteiger partial charge in [-0.15, -0.1) is 28.2 Å². The molecule has 3 atom stereocenters. The van der Waals surface area contributed by atoms with E-state index in [2.05, 4.69) is 43.8 Å². The summed E-state index contributed by atoms with van der Waals surface area (Å²) in [6.45, 7) is 4.02. The molecule has 0 saturated carbocycles. The quantitative estimate of drug-likeness (QED) is 0.110. The van der Waals surface area contributed by atoms with E-state index < -0.39 is 23.3 Å². The summed E-state index contributed by atoms with van der Waals surface area (Å²) in [7, 11) is 1.66. The molecular formula is C19H24N8O5S4. The molecule has 2 aliphatic rings. The van der Waals surface area contributed by atoms with Crippen LogP contribution < -0.4 is 10.6 Å². The highest BCUT2D eigenvalue weighted by Crippen LogP contribution is 2.44. The Labute approximate surface area is 224 Å². The highest BCUT2D eigenvalue weighted by Gasteiger charge is 2.57. The number of aromatic nitrogens is 5. The van der Waals surface area contributed by atoms with Crippen LogP contribution in [0.4, 0.5) is 5.13 Å². The van der Waals surface area contributed by atoms with E-state index in [0.29, 0.717) is 22.4 Å². The van der Waals surface area contributed by atoms with Gasteiger partial charge in [0.2, 0.25) is 17.5 Å². The van der Waals surface area contributed by atoms with E-state index >= 15 is 0 Å². The van der Waals surface area contributed by atoms with Crippen molar-refractivity contribution in [3.63, 3.8) is 0 Å². The molecule has 36 heavy (non-hydrogen) atoms. The van der Waals surface area contributed by atoms with Crippen LogP contribution in [0.1, 0.15) is 19.5 Å². The van der Waals surface area contributed by atoms with E-state index in [1.165, 1.54) is 38.5 Å². The molecule has 13 nitrogen and oxygen atoms in total. The highest BCUT2D eigenvalue weighted by atomic mass is 32.2. The summed E-state index contributed by atoms with van der Waals surface area (Å²) in [6, 6.07) is -0.797. The minimum atomic E-state index is -1.18. The Morgan fingerprint density at radius 1 is 1.42 bits per heavy atom. The molecule has 4 rings (SSSR count). The molecule has 0 aromatic carbocycles. The van der Waals surface area contributed by atoms with Gasteiger partial charge in [-0.05, 0) is 15.8 Å². The average Bonchev–Trinajstić information content (AvgIpc) is 3.51. The van der Waals surface area contributed by atoms with E-state index in [0.717, 1.165) is 11.3 Å². The molecule has 3 amide bonds. The van der Waals surface area contributed by atoms with Gasteiger partial charge in [-0.3, -0.25) is 19.2 Å². The van der Waals surface area contributed by atoms with E-state index in [4.69, 9.17) is 0 Å². The van der Waals surface area contributed by atoms with Gasteiger partial charge >= 0.3 is 5.97 Å². The third kappa shape index (κ3) is 5.52. The fraction of sp³-hybridized carbons (Fsp3) is 0.474. The second kappa shape index (κ2) is 12.1. The van der Waals surface area contributed by atoms with Crippen LogP contribution in [0.25, 0.3) is 5.57 Å². The SMILES string of the molecule is CC.Cn1nnnc1SCC1(C(=O)O)CS[C@@H]2C(NC(=O)C(=CS)c3csc(NC=O)n3)C(=O)N2C1. The van der Waals surface area contributed by atoms with Gasteiger partial charge in [-0.25, -0.2) is 9.67 Å². The van der Waals surface area contributed by atoms with Crippen LogP contribution in [-0.2, 0) is 26.2 Å². The third-order valence-corrected chi connectivity index (χ3v) is 9.20. The number of anilines is 1. The number of β-lactam (4-membered cyclic amide) rings is 1. The maximum atomic E-state index is 12.8. The van der Waals surface area contributed by atoms with Crippen molar-refractivity contribution < 1.29 is 24.3 Å². The lowest BCUT2D eigenvalue weighted by Crippen LogP contribution is -2.74. The van der Waals surface area contributed by atoms with E-state index in [-0.39, 0.29) is 34.9 Å². The van der Waals surface area contributed by atoms with Crippen molar-refractivity contribution in [2.45, 2.75) is 30.4 Å². The smallest absolute Gasteiger partial charge is 0.313 e. The van der Waals surface area contributed by atoms with Crippen LogP contribution in [0, 0.1) is 5.41 Å². The third-order valence-electron chi connectivity index (χ3n) is 5.28. The molecule has 2 fully saturated rings. The standard InChI is InChI=1S/C17H18N8O5S4.C2H6/c1-24-16(21-22-23-24)34-6-17(14(29)30)4-25-12(28)10(13(25)33-5-17)20-11(27)8(2-31)9-3-32-15(19-9)18-7-26;1-2/h2-3,7,10,13,31H,4-6H2,1H3,(H,20,27)(H,29,30)(H,18,19,26);1-2H3/t10?,13-,17?;/m1./s1. The van der Waals surface area contributed by atoms with Gasteiger partial charge in [0.15, 0.2) is 5.13 Å². The van der Waals surface area contributed by atoms with Crippen molar-refractivity contribution in [3.05, 3.63) is 16.5 Å². The second-order valence-corrected chi connectivity index (χ2v) is 10.6. The van der Waals surface area contributed by atoms with Gasteiger partial charge in [0.25, 0.3) is 5.91 Å². The molecule has 2 saturated heterocycles. The number of tetrazole rings is 1. The van der Waals surface area contributed by atoms with Crippen LogP contribution in [0.2, 0.25) is 0 Å². The zero-order valence-electron chi connectivity index (χ0n) is 19.4. The van der Waals surface area contributed by atoms with Crippen LogP contribution in [-0.4, -0.2) is 88.9 Å². The lowest BCUT2D eigenvalue weighted by molar-refractivity contribution is -0.157. The Morgan fingerprint density at radius 3 is 2.78 bits per heavy atom. The molecule has 0 aliphatic carbocycles. The van der Waals surface area contributed by atoms with Crippen LogP contribution in [0.5, 0.6) is 0 Å². The maximum Gasteiger partial charge on any atom is 0.313 e. The number of carboxylic acids is 1. The zero-order valence-corrected chi connectivity index (χ0v) is 22.8. The monoisotopic (exact) mass is 572 g/mol. The fourth-order valence-corrected chi connectivity index (χ4v) is 7.06. The molecule has 17 heteroatoms. The molecule has 3 N–H and O–H groups in total. The largest absolute Gasteiger partial charge is 0.481 e. The van der Waals surface area contributed by atoms with Gasteiger partial charge in [0.1, 0.15) is 16.8 Å². The summed E-state index contributed by atoms with van der Waals surface area (Å²) in [4.78, 5) is 54.0. The maximum absolute atomic E-state index is 12.8. The summed E-state index contributed by atoms with van der Waals surface area (Å²) >= 11 is 7.74. The van der Waals surface area contributed by atoms with Crippen molar-refractivity contribution >= 4 is 82.4 Å². The van der Waals surface area contributed by atoms with E-state index in [9.17, 15) is 24.3 Å². The first-order valence-electron chi connectivity index (χ1n) is 10.6. The fourth-order valence-electron chi connectivity index (χ4n) is 3.43. The van der Waals surface area contributed by atoms with Gasteiger partial charge in [-0.1, -0.05) is 25.6 Å². The van der Waals surface area contributed by atoms with Gasteiger partial charge in [0, 0.05) is 30.5 Å². The normalized spacial score (nSPS) is 23.1. The summed E-state index contributed by atoms with van der Waals surface area (Å²) in [5.41, 5.74) is -0.734. The van der Waals surface area contributed by atoms with Crippen LogP contribution in [0.15, 0.2) is 15.9 Å². The Kier molecular flexibility index (Phi) is 9.37. The van der Waals surface area contributed by atoms with Gasteiger partial charge in [-0.2, -0.15) is 12.6 Å². The van der Waals surface area contributed by atoms with Crippen molar-refractivity contribution in [1.29, 1.82) is 0 Å². The first-order valence-corrected chi connectivity index (χ1v) is 14.0. The number of nitrogens with zero attached hydrogens (tertiary/aromatic N) is 6. The number of hydrogen-bond acceptors (Lipinski definition) is 12. The highest BCUT2D eigenvalue weighted by molar-refractivity contribution is 8.00. The molecule has 0 radical (unpaired) electrons. The predicted octanol–water partition coefficient (Wildman–Crippen LogP) is 0.795. The minimum absolute atomic E-state index is 0.0194. The number of aryl methyl sites for hydroxylation is 1. The Bertz CT molecular complexity index is 1170. The summed E-state index contributed by atoms with van der Waals surface area (Å²) in [5.74, 6) is -1.47. The number of carbonyl (C=O) groups is 4. The molecule has 0 spiro atoms. The molecule has 2 aromatic rings. The number of amides is 3. The van der Waals surface area contributed by atoms with Crippen LogP contribution in [0.3, 0.4) is 0 Å². The number of fused-ring (bicyclic) bond motifs is 1. The molecule has 194 valence electrons. The summed E-state index contributed by atoms with van der Waals surface area (Å²) in [6.07, 6.45) is 0.481. The molecule has 0 bridgehead atoms. The Hall–Kier alpha value is -2.63. The predicted molar refractivity (Wildman–Crippen MR) is 140 cm³/mol. The van der Waals surface area contributed by atoms with E-state index in [1.54, 1.807) is 12.4 Å². The molecule has 4 heterocycles. The number of hydrogen-bond donors (Lipinski definition) is 4. The van der Waals surface area contributed by atoms with Gasteiger partial charge < -0.3 is 20.6 Å². The number of rotatable bonds is 9. The summed E-state index contributed by atoms with van der Waals surface area (Å²) < 4.78 is 1.45. The first-order chi connectivity index (χ1) is 17.3. The van der Waals surface area contributed by atoms with Crippen molar-refractivity contribution in [2.24, 2.45) is 12.5 Å². The number of carboxylic acid groups (broad SMARTS) is 1. The zero-order chi connectivity index (χ0) is 26.5. The topological polar surface area (TPSA) is 172 Å². The lowest BCUT2D eigenvalue weighted by Gasteiger charge is -2.53. The van der Waals surface area contributed by atoms with Crippen LogP contribution >= 0.6 is 47.5 Å². The summed E-state index contributed by atoms with van der Waals surface area (Å²) in [5, 5.41) is 29.5. The Morgan fingerprint density at radius 2 is 2.17 bits per heavy atom. The number of aliphatic carboxylic acids is 1. The number of carbonyl (C=O) groups excluding carboxylic acids is 3. The number of thiol groups is 1. The van der Waals surface area contributed by atoms with E-state index in [1.807, 2.05) is 13.8 Å². The lowest BCUT2D eigenvalue weighted by atomic mass is 9.89. The molecule has 2 aromatic heterocycles. The molecular weight excluding hydrogens is 549 g/mol. The van der Waals surface area contributed by atoms with Gasteiger partial charge in [0.05, 0.1) is 11.3 Å². The first kappa shape index (κ1) is 27.9. The van der Waals surface area contributed by atoms with Crippen molar-refractivity contribution in [3.8, 4) is 0 Å². The molecule has 2 aliphatic heterocycles. The molecule has 2 unspecified atom stereocenters. The Balaban J connectivity index is 0.00000176. The number of thioether (sulfide) groups is 2. The average molecular weight is 573 g/mol. The minimum Gasteiger partial charge on any atom is -0.481 e. The number of nitrogens with one attached hydrogen (secondary N) is 2. The second-order valence-electron chi connectivity index (χ2n) is 7.42. The van der Waals surface area contributed by atoms with Crippen molar-refractivity contribution in [2.75, 3.05) is 23.4 Å².